The van der Waals surface area contributed by atoms with Crippen LogP contribution in [0.25, 0.3) is 0 Å². The van der Waals surface area contributed by atoms with Crippen molar-refractivity contribution in [3.63, 3.8) is 0 Å². The maximum atomic E-state index is 11.8. The number of hydrogen-bond acceptors (Lipinski definition) is 4. The molecule has 0 aliphatic heterocycles. The van der Waals surface area contributed by atoms with Gasteiger partial charge in [0.15, 0.2) is 0 Å². The number of ether oxygens (including phenoxy) is 1. The molecule has 0 heterocycles. The maximum Gasteiger partial charge on any atom is 0.250 e. The molecule has 23 heavy (non-hydrogen) atoms. The fourth-order valence-corrected chi connectivity index (χ4v) is 2.85. The molecule has 5 heteroatoms. The SMILES string of the molecule is COc1cccc(/C=N\NC(=O)CSCc2ccccc2C)c1. The molecule has 0 bridgehead atoms. The molecule has 2 aromatic rings. The fourth-order valence-electron chi connectivity index (χ4n) is 1.96. The highest BCUT2D eigenvalue weighted by Gasteiger charge is 2.02. The number of rotatable bonds is 7. The second-order valence-electron chi connectivity index (χ2n) is 4.99. The molecule has 0 saturated carbocycles. The second kappa shape index (κ2) is 9.00. The minimum Gasteiger partial charge on any atom is -0.497 e. The summed E-state index contributed by atoms with van der Waals surface area (Å²) in [5, 5.41) is 3.97. The van der Waals surface area contributed by atoms with E-state index in [1.54, 1.807) is 25.1 Å². The molecular weight excluding hydrogens is 308 g/mol. The van der Waals surface area contributed by atoms with E-state index in [0.717, 1.165) is 17.1 Å². The number of carbonyl (C=O) groups is 1. The van der Waals surface area contributed by atoms with Crippen molar-refractivity contribution < 1.29 is 9.53 Å². The van der Waals surface area contributed by atoms with Crippen molar-refractivity contribution in [1.29, 1.82) is 0 Å². The second-order valence-corrected chi connectivity index (χ2v) is 5.97. The molecule has 4 nitrogen and oxygen atoms in total. The molecule has 0 atom stereocenters. The minimum atomic E-state index is -0.109. The Labute approximate surface area is 140 Å². The summed E-state index contributed by atoms with van der Waals surface area (Å²) >= 11 is 1.58. The lowest BCUT2D eigenvalue weighted by molar-refractivity contribution is -0.118. The number of hydrazone groups is 1. The van der Waals surface area contributed by atoms with E-state index in [1.165, 1.54) is 11.1 Å². The molecule has 0 fully saturated rings. The van der Waals surface area contributed by atoms with Gasteiger partial charge in [-0.2, -0.15) is 5.10 Å². The highest BCUT2D eigenvalue weighted by molar-refractivity contribution is 7.99. The lowest BCUT2D eigenvalue weighted by Crippen LogP contribution is -2.19. The molecule has 120 valence electrons. The maximum absolute atomic E-state index is 11.8. The standard InChI is InChI=1S/C18H20N2O2S/c1-14-6-3-4-8-16(14)12-23-13-18(21)20-19-11-15-7-5-9-17(10-15)22-2/h3-11H,12-13H2,1-2H3,(H,20,21)/b19-11-. The van der Waals surface area contributed by atoms with Gasteiger partial charge in [-0.05, 0) is 35.7 Å². The zero-order chi connectivity index (χ0) is 16.5. The molecule has 0 spiro atoms. The highest BCUT2D eigenvalue weighted by atomic mass is 32.2. The van der Waals surface area contributed by atoms with Crippen molar-refractivity contribution in [2.24, 2.45) is 5.10 Å². The molecule has 1 amide bonds. The molecule has 0 radical (unpaired) electrons. The van der Waals surface area contributed by atoms with Crippen molar-refractivity contribution in [2.75, 3.05) is 12.9 Å². The monoisotopic (exact) mass is 328 g/mol. The predicted molar refractivity (Wildman–Crippen MR) is 96.1 cm³/mol. The number of benzene rings is 2. The molecular formula is C18H20N2O2S. The largest absolute Gasteiger partial charge is 0.497 e. The molecule has 1 N–H and O–H groups in total. The summed E-state index contributed by atoms with van der Waals surface area (Å²) in [5.41, 5.74) is 5.91. The molecule has 0 unspecified atom stereocenters. The third-order valence-corrected chi connectivity index (χ3v) is 4.23. The van der Waals surface area contributed by atoms with Gasteiger partial charge < -0.3 is 4.74 Å². The molecule has 2 rings (SSSR count). The summed E-state index contributed by atoms with van der Waals surface area (Å²) < 4.78 is 5.13. The summed E-state index contributed by atoms with van der Waals surface area (Å²) in [4.78, 5) is 11.8. The van der Waals surface area contributed by atoms with Crippen LogP contribution < -0.4 is 10.2 Å². The van der Waals surface area contributed by atoms with Crippen LogP contribution in [-0.4, -0.2) is 25.0 Å². The molecule has 2 aromatic carbocycles. The van der Waals surface area contributed by atoms with Gasteiger partial charge in [0, 0.05) is 5.75 Å². The Kier molecular flexibility index (Phi) is 6.69. The average molecular weight is 328 g/mol. The van der Waals surface area contributed by atoms with Crippen LogP contribution in [0.3, 0.4) is 0 Å². The van der Waals surface area contributed by atoms with E-state index >= 15 is 0 Å². The van der Waals surface area contributed by atoms with Gasteiger partial charge >= 0.3 is 0 Å². The van der Waals surface area contributed by atoms with Crippen LogP contribution in [0.4, 0.5) is 0 Å². The normalized spacial score (nSPS) is 10.7. The Morgan fingerprint density at radius 1 is 1.26 bits per heavy atom. The van der Waals surface area contributed by atoms with Crippen LogP contribution in [-0.2, 0) is 10.5 Å². The number of hydrogen-bond donors (Lipinski definition) is 1. The van der Waals surface area contributed by atoms with Crippen LogP contribution in [0.2, 0.25) is 0 Å². The van der Waals surface area contributed by atoms with Gasteiger partial charge in [0.25, 0.3) is 0 Å². The number of thioether (sulfide) groups is 1. The van der Waals surface area contributed by atoms with Gasteiger partial charge in [-0.15, -0.1) is 11.8 Å². The number of aryl methyl sites for hydroxylation is 1. The van der Waals surface area contributed by atoms with E-state index in [-0.39, 0.29) is 5.91 Å². The number of methoxy groups -OCH3 is 1. The van der Waals surface area contributed by atoms with Crippen LogP contribution in [0.5, 0.6) is 5.75 Å². The van der Waals surface area contributed by atoms with Gasteiger partial charge in [0.05, 0.1) is 19.1 Å². The Morgan fingerprint density at radius 3 is 2.87 bits per heavy atom. The van der Waals surface area contributed by atoms with E-state index in [0.29, 0.717) is 5.75 Å². The summed E-state index contributed by atoms with van der Waals surface area (Å²) in [5.74, 6) is 1.85. The first-order valence-electron chi connectivity index (χ1n) is 7.27. The summed E-state index contributed by atoms with van der Waals surface area (Å²) in [7, 11) is 1.61. The first kappa shape index (κ1) is 17.1. The van der Waals surface area contributed by atoms with Gasteiger partial charge in [-0.1, -0.05) is 36.4 Å². The summed E-state index contributed by atoms with van der Waals surface area (Å²) in [6, 6.07) is 15.7. The van der Waals surface area contributed by atoms with Crippen molar-refractivity contribution >= 4 is 23.9 Å². The average Bonchev–Trinajstić information content (AvgIpc) is 2.57. The van der Waals surface area contributed by atoms with Crippen molar-refractivity contribution in [3.8, 4) is 5.75 Å². The van der Waals surface area contributed by atoms with Crippen molar-refractivity contribution in [2.45, 2.75) is 12.7 Å². The molecule has 0 aliphatic carbocycles. The Bertz CT molecular complexity index is 686. The smallest absolute Gasteiger partial charge is 0.250 e. The van der Waals surface area contributed by atoms with Gasteiger partial charge in [0.2, 0.25) is 5.91 Å². The highest BCUT2D eigenvalue weighted by Crippen LogP contribution is 2.15. The van der Waals surface area contributed by atoms with E-state index in [1.807, 2.05) is 36.4 Å². The number of carbonyl (C=O) groups excluding carboxylic acids is 1. The molecule has 0 aromatic heterocycles. The zero-order valence-electron chi connectivity index (χ0n) is 13.3. The number of nitrogens with one attached hydrogen (secondary N) is 1. The topological polar surface area (TPSA) is 50.7 Å². The predicted octanol–water partition coefficient (Wildman–Crippen LogP) is 3.39. The van der Waals surface area contributed by atoms with Crippen LogP contribution in [0.15, 0.2) is 53.6 Å². The Morgan fingerprint density at radius 2 is 2.09 bits per heavy atom. The molecule has 0 aliphatic rings. The number of amides is 1. The van der Waals surface area contributed by atoms with E-state index in [9.17, 15) is 4.79 Å². The van der Waals surface area contributed by atoms with Crippen molar-refractivity contribution in [3.05, 3.63) is 65.2 Å². The minimum absolute atomic E-state index is 0.109. The quantitative estimate of drug-likeness (QED) is 0.626. The molecule has 0 saturated heterocycles. The fraction of sp³-hybridized carbons (Fsp3) is 0.222. The third-order valence-electron chi connectivity index (χ3n) is 3.25. The third kappa shape index (κ3) is 5.79. The lowest BCUT2D eigenvalue weighted by atomic mass is 10.1. The first-order chi connectivity index (χ1) is 11.2. The zero-order valence-corrected chi connectivity index (χ0v) is 14.1. The lowest BCUT2D eigenvalue weighted by Gasteiger charge is -2.04. The van der Waals surface area contributed by atoms with Crippen LogP contribution in [0.1, 0.15) is 16.7 Å². The Balaban J connectivity index is 1.74. The van der Waals surface area contributed by atoms with Gasteiger partial charge in [-0.25, -0.2) is 5.43 Å². The van der Waals surface area contributed by atoms with E-state index in [2.05, 4.69) is 29.6 Å². The first-order valence-corrected chi connectivity index (χ1v) is 8.42. The van der Waals surface area contributed by atoms with E-state index in [4.69, 9.17) is 4.74 Å². The number of nitrogens with zero attached hydrogens (tertiary/aromatic N) is 1. The summed E-state index contributed by atoms with van der Waals surface area (Å²) in [6.45, 7) is 2.08. The Hall–Kier alpha value is -2.27. The van der Waals surface area contributed by atoms with E-state index < -0.39 is 0 Å². The van der Waals surface area contributed by atoms with Gasteiger partial charge in [-0.3, -0.25) is 4.79 Å². The summed E-state index contributed by atoms with van der Waals surface area (Å²) in [6.07, 6.45) is 1.60. The van der Waals surface area contributed by atoms with Crippen LogP contribution >= 0.6 is 11.8 Å². The van der Waals surface area contributed by atoms with Crippen molar-refractivity contribution in [1.82, 2.24) is 5.43 Å². The van der Waals surface area contributed by atoms with Crippen LogP contribution in [0, 0.1) is 6.92 Å². The van der Waals surface area contributed by atoms with Gasteiger partial charge in [0.1, 0.15) is 5.75 Å².